The third-order valence-electron chi connectivity index (χ3n) is 4.14. The fourth-order valence-electron chi connectivity index (χ4n) is 2.98. The lowest BCUT2D eigenvalue weighted by Gasteiger charge is -2.13. The minimum Gasteiger partial charge on any atom is -0.495 e. The summed E-state index contributed by atoms with van der Waals surface area (Å²) in [4.78, 5) is 11.3. The topological polar surface area (TPSA) is 84.5 Å². The van der Waals surface area contributed by atoms with Crippen molar-refractivity contribution in [3.05, 3.63) is 47.5 Å². The van der Waals surface area contributed by atoms with Crippen molar-refractivity contribution in [2.75, 3.05) is 17.1 Å². The molecule has 6 nitrogen and oxygen atoms in total. The molecule has 132 valence electrons. The number of methoxy groups -OCH3 is 1. The number of rotatable bonds is 5. The van der Waals surface area contributed by atoms with E-state index >= 15 is 0 Å². The molecule has 0 fully saturated rings. The van der Waals surface area contributed by atoms with Crippen molar-refractivity contribution in [3.8, 4) is 5.75 Å². The summed E-state index contributed by atoms with van der Waals surface area (Å²) in [5.41, 5.74) is 3.44. The first kappa shape index (κ1) is 17.3. The van der Waals surface area contributed by atoms with E-state index in [0.717, 1.165) is 19.3 Å². The van der Waals surface area contributed by atoms with Crippen LogP contribution in [0.15, 0.2) is 41.3 Å². The van der Waals surface area contributed by atoms with E-state index in [4.69, 9.17) is 4.74 Å². The van der Waals surface area contributed by atoms with Gasteiger partial charge in [-0.05, 0) is 54.7 Å². The van der Waals surface area contributed by atoms with Crippen LogP contribution in [-0.4, -0.2) is 21.4 Å². The van der Waals surface area contributed by atoms with Crippen LogP contribution in [0.1, 0.15) is 24.5 Å². The molecule has 0 aromatic heterocycles. The van der Waals surface area contributed by atoms with Crippen molar-refractivity contribution in [1.82, 2.24) is 0 Å². The predicted octanol–water partition coefficient (Wildman–Crippen LogP) is 2.94. The zero-order valence-corrected chi connectivity index (χ0v) is 14.9. The molecule has 0 spiro atoms. The molecule has 0 bridgehead atoms. The summed E-state index contributed by atoms with van der Waals surface area (Å²) >= 11 is 0. The van der Waals surface area contributed by atoms with Crippen LogP contribution in [-0.2, 0) is 27.7 Å². The zero-order chi connectivity index (χ0) is 18.0. The SMILES string of the molecule is COc1cc(S(=O)(=O)Nc2ccc3c(c2)CCC3)ccc1NC(C)=O. The Morgan fingerprint density at radius 1 is 1.08 bits per heavy atom. The van der Waals surface area contributed by atoms with Crippen molar-refractivity contribution in [2.24, 2.45) is 0 Å². The Bertz CT molecular complexity index is 923. The molecule has 0 atom stereocenters. The molecule has 25 heavy (non-hydrogen) atoms. The third-order valence-corrected chi connectivity index (χ3v) is 5.52. The molecule has 1 amide bonds. The molecule has 1 aliphatic rings. The molecule has 0 heterocycles. The number of ether oxygens (including phenoxy) is 1. The standard InChI is InChI=1S/C18H20N2O4S/c1-12(21)19-17-9-8-16(11-18(17)24-2)25(22,23)20-15-7-6-13-4-3-5-14(13)10-15/h6-11,20H,3-5H2,1-2H3,(H,19,21). The Morgan fingerprint density at radius 3 is 2.56 bits per heavy atom. The van der Waals surface area contributed by atoms with E-state index in [-0.39, 0.29) is 16.6 Å². The number of benzene rings is 2. The lowest BCUT2D eigenvalue weighted by molar-refractivity contribution is -0.114. The number of carbonyl (C=O) groups excluding carboxylic acids is 1. The van der Waals surface area contributed by atoms with Crippen LogP contribution >= 0.6 is 0 Å². The minimum atomic E-state index is -3.75. The van der Waals surface area contributed by atoms with Crippen LogP contribution in [0, 0.1) is 0 Å². The summed E-state index contributed by atoms with van der Waals surface area (Å²) in [5, 5.41) is 2.60. The molecule has 3 rings (SSSR count). The van der Waals surface area contributed by atoms with Crippen LogP contribution in [0.5, 0.6) is 5.75 Å². The lowest BCUT2D eigenvalue weighted by atomic mass is 10.1. The maximum Gasteiger partial charge on any atom is 0.262 e. The summed E-state index contributed by atoms with van der Waals surface area (Å²) in [6, 6.07) is 9.98. The van der Waals surface area contributed by atoms with Gasteiger partial charge < -0.3 is 10.1 Å². The summed E-state index contributed by atoms with van der Waals surface area (Å²) in [6.07, 6.45) is 3.13. The molecule has 0 aliphatic heterocycles. The van der Waals surface area contributed by atoms with Gasteiger partial charge in [0.1, 0.15) is 5.75 Å². The summed E-state index contributed by atoms with van der Waals surface area (Å²) < 4.78 is 33.1. The number of carbonyl (C=O) groups is 1. The smallest absolute Gasteiger partial charge is 0.262 e. The average molecular weight is 360 g/mol. The van der Waals surface area contributed by atoms with Gasteiger partial charge in [0.2, 0.25) is 5.91 Å². The third kappa shape index (κ3) is 3.76. The molecule has 7 heteroatoms. The highest BCUT2D eigenvalue weighted by atomic mass is 32.2. The maximum absolute atomic E-state index is 12.6. The minimum absolute atomic E-state index is 0.0685. The second-order valence-corrected chi connectivity index (χ2v) is 7.67. The molecular formula is C18H20N2O4S. The Balaban J connectivity index is 1.88. The number of aryl methyl sites for hydroxylation is 2. The second-order valence-electron chi connectivity index (χ2n) is 5.99. The highest BCUT2D eigenvalue weighted by Crippen LogP contribution is 2.30. The van der Waals surface area contributed by atoms with Gasteiger partial charge in [0.25, 0.3) is 10.0 Å². The van der Waals surface area contributed by atoms with Gasteiger partial charge in [0.05, 0.1) is 17.7 Å². The number of anilines is 2. The first-order chi connectivity index (χ1) is 11.9. The Labute approximate surface area is 147 Å². The predicted molar refractivity (Wildman–Crippen MR) is 96.6 cm³/mol. The maximum atomic E-state index is 12.6. The molecule has 1 aliphatic carbocycles. The quantitative estimate of drug-likeness (QED) is 0.859. The highest BCUT2D eigenvalue weighted by molar-refractivity contribution is 7.92. The van der Waals surface area contributed by atoms with Gasteiger partial charge in [-0.25, -0.2) is 8.42 Å². The van der Waals surface area contributed by atoms with Crippen molar-refractivity contribution < 1.29 is 17.9 Å². The van der Waals surface area contributed by atoms with E-state index in [0.29, 0.717) is 11.4 Å². The van der Waals surface area contributed by atoms with E-state index < -0.39 is 10.0 Å². The number of hydrogen-bond donors (Lipinski definition) is 2. The van der Waals surface area contributed by atoms with E-state index in [1.165, 1.54) is 43.4 Å². The Hall–Kier alpha value is -2.54. The van der Waals surface area contributed by atoms with E-state index in [1.807, 2.05) is 12.1 Å². The van der Waals surface area contributed by atoms with Gasteiger partial charge in [-0.1, -0.05) is 6.07 Å². The van der Waals surface area contributed by atoms with Crippen LogP contribution in [0.4, 0.5) is 11.4 Å². The highest BCUT2D eigenvalue weighted by Gasteiger charge is 2.19. The Morgan fingerprint density at radius 2 is 1.84 bits per heavy atom. The van der Waals surface area contributed by atoms with Crippen molar-refractivity contribution >= 4 is 27.3 Å². The van der Waals surface area contributed by atoms with E-state index in [1.54, 1.807) is 6.07 Å². The van der Waals surface area contributed by atoms with Crippen LogP contribution in [0.3, 0.4) is 0 Å². The molecular weight excluding hydrogens is 340 g/mol. The molecule has 0 radical (unpaired) electrons. The fraction of sp³-hybridized carbons (Fsp3) is 0.278. The summed E-state index contributed by atoms with van der Waals surface area (Å²) in [5.74, 6) is 0.0252. The second kappa shape index (κ2) is 6.76. The van der Waals surface area contributed by atoms with Gasteiger partial charge in [-0.3, -0.25) is 9.52 Å². The Kier molecular flexibility index (Phi) is 4.67. The number of nitrogens with one attached hydrogen (secondary N) is 2. The number of hydrogen-bond acceptors (Lipinski definition) is 4. The zero-order valence-electron chi connectivity index (χ0n) is 14.1. The van der Waals surface area contributed by atoms with Gasteiger partial charge in [0.15, 0.2) is 0 Å². The summed E-state index contributed by atoms with van der Waals surface area (Å²) in [6.45, 7) is 1.37. The van der Waals surface area contributed by atoms with Gasteiger partial charge in [0, 0.05) is 18.7 Å². The van der Waals surface area contributed by atoms with Crippen molar-refractivity contribution in [2.45, 2.75) is 31.1 Å². The lowest BCUT2D eigenvalue weighted by Crippen LogP contribution is -2.14. The normalized spacial score (nSPS) is 13.2. The van der Waals surface area contributed by atoms with Crippen molar-refractivity contribution in [1.29, 1.82) is 0 Å². The van der Waals surface area contributed by atoms with E-state index in [2.05, 4.69) is 10.0 Å². The summed E-state index contributed by atoms with van der Waals surface area (Å²) in [7, 11) is -2.33. The molecule has 0 saturated heterocycles. The van der Waals surface area contributed by atoms with Crippen molar-refractivity contribution in [3.63, 3.8) is 0 Å². The molecule has 2 N–H and O–H groups in total. The number of sulfonamides is 1. The first-order valence-electron chi connectivity index (χ1n) is 7.99. The largest absolute Gasteiger partial charge is 0.495 e. The fourth-order valence-corrected chi connectivity index (χ4v) is 4.05. The molecule has 0 unspecified atom stereocenters. The van der Waals surface area contributed by atoms with Gasteiger partial charge in [-0.15, -0.1) is 0 Å². The average Bonchev–Trinajstić information content (AvgIpc) is 3.01. The first-order valence-corrected chi connectivity index (χ1v) is 9.47. The number of fused-ring (bicyclic) bond motifs is 1. The molecule has 2 aromatic carbocycles. The van der Waals surface area contributed by atoms with Crippen LogP contribution in [0.25, 0.3) is 0 Å². The van der Waals surface area contributed by atoms with Gasteiger partial charge >= 0.3 is 0 Å². The molecule has 0 saturated carbocycles. The monoisotopic (exact) mass is 360 g/mol. The van der Waals surface area contributed by atoms with Gasteiger partial charge in [-0.2, -0.15) is 0 Å². The molecule has 2 aromatic rings. The van der Waals surface area contributed by atoms with Crippen LogP contribution < -0.4 is 14.8 Å². The number of amides is 1. The van der Waals surface area contributed by atoms with E-state index in [9.17, 15) is 13.2 Å². The van der Waals surface area contributed by atoms with Crippen LogP contribution in [0.2, 0.25) is 0 Å².